The number of ketones is 1. The van der Waals surface area contributed by atoms with Gasteiger partial charge in [0.05, 0.1) is 17.7 Å². The van der Waals surface area contributed by atoms with Gasteiger partial charge in [-0.05, 0) is 12.1 Å². The van der Waals surface area contributed by atoms with Crippen molar-refractivity contribution in [1.82, 2.24) is 4.98 Å². The van der Waals surface area contributed by atoms with E-state index in [0.29, 0.717) is 27.9 Å². The molecular formula is C26H20N2O5. The van der Waals surface area contributed by atoms with E-state index in [-0.39, 0.29) is 17.9 Å². The number of carbonyl (C=O) groups excluding carboxylic acids is 3. The number of hydrogen-bond acceptors (Lipinski definition) is 7. The first-order valence-electron chi connectivity index (χ1n) is 10.5. The van der Waals surface area contributed by atoms with Crippen LogP contribution in [0, 0.1) is 0 Å². The summed E-state index contributed by atoms with van der Waals surface area (Å²) in [5, 5.41) is 0.864. The summed E-state index contributed by atoms with van der Waals surface area (Å²) >= 11 is 0. The monoisotopic (exact) mass is 440 g/mol. The van der Waals surface area contributed by atoms with Crippen LogP contribution in [0.2, 0.25) is 0 Å². The minimum atomic E-state index is -1.33. The molecule has 0 atom stereocenters. The van der Waals surface area contributed by atoms with Gasteiger partial charge in [-0.3, -0.25) is 9.78 Å². The van der Waals surface area contributed by atoms with Gasteiger partial charge >= 0.3 is 11.9 Å². The molecule has 7 heteroatoms. The first-order chi connectivity index (χ1) is 15.8. The Balaban J connectivity index is 1.66. The molecule has 3 aromatic rings. The molecule has 2 aromatic carbocycles. The molecule has 7 nitrogen and oxygen atoms in total. The number of Topliss-reactive ketones (excluding diaryl/α,β-unsaturated/α-hetero) is 1. The number of benzene rings is 2. The summed E-state index contributed by atoms with van der Waals surface area (Å²) in [6, 6.07) is 16.4. The van der Waals surface area contributed by atoms with Gasteiger partial charge in [0.15, 0.2) is 11.4 Å². The Morgan fingerprint density at radius 1 is 0.970 bits per heavy atom. The lowest BCUT2D eigenvalue weighted by Gasteiger charge is -2.33. The number of cyclic esters (lactones) is 2. The second kappa shape index (κ2) is 7.70. The van der Waals surface area contributed by atoms with E-state index in [2.05, 4.69) is 4.98 Å². The van der Waals surface area contributed by atoms with E-state index < -0.39 is 17.7 Å². The number of ether oxygens (including phenoxy) is 2. The Morgan fingerprint density at radius 2 is 1.70 bits per heavy atom. The smallest absolute Gasteiger partial charge is 0.349 e. The van der Waals surface area contributed by atoms with Crippen LogP contribution in [0.15, 0.2) is 78.6 Å². The third-order valence-electron chi connectivity index (χ3n) is 5.51. The van der Waals surface area contributed by atoms with E-state index >= 15 is 0 Å². The second-order valence-corrected chi connectivity index (χ2v) is 8.24. The van der Waals surface area contributed by atoms with Crippen molar-refractivity contribution < 1.29 is 23.9 Å². The van der Waals surface area contributed by atoms with E-state index in [1.807, 2.05) is 42.5 Å². The molecule has 33 heavy (non-hydrogen) atoms. The van der Waals surface area contributed by atoms with Crippen molar-refractivity contribution in [3.8, 4) is 0 Å². The first kappa shape index (κ1) is 20.6. The molecule has 1 fully saturated rings. The van der Waals surface area contributed by atoms with Crippen LogP contribution in [0.25, 0.3) is 16.5 Å². The van der Waals surface area contributed by atoms with Crippen molar-refractivity contribution in [2.75, 3.05) is 11.4 Å². The summed E-state index contributed by atoms with van der Waals surface area (Å²) in [7, 11) is 0. The molecular weight excluding hydrogens is 420 g/mol. The molecule has 0 saturated carbocycles. The van der Waals surface area contributed by atoms with Crippen LogP contribution in [-0.2, 0) is 19.1 Å². The lowest BCUT2D eigenvalue weighted by atomic mass is 9.92. The van der Waals surface area contributed by atoms with Gasteiger partial charge in [0.2, 0.25) is 0 Å². The van der Waals surface area contributed by atoms with Crippen LogP contribution in [0.5, 0.6) is 0 Å². The number of anilines is 1. The van der Waals surface area contributed by atoms with Crippen molar-refractivity contribution in [3.63, 3.8) is 0 Å². The van der Waals surface area contributed by atoms with Gasteiger partial charge in [-0.25, -0.2) is 9.59 Å². The van der Waals surface area contributed by atoms with Crippen LogP contribution in [0.4, 0.5) is 5.69 Å². The summed E-state index contributed by atoms with van der Waals surface area (Å²) < 4.78 is 10.6. The number of carbonyl (C=O) groups is 3. The highest BCUT2D eigenvalue weighted by Gasteiger charge is 2.41. The Hall–Kier alpha value is -4.26. The maximum absolute atomic E-state index is 13.0. The number of nitrogens with zero attached hydrogens (tertiary/aromatic N) is 2. The molecule has 2 aliphatic heterocycles. The fraction of sp³-hybridized carbons (Fsp3) is 0.154. The van der Waals surface area contributed by atoms with Gasteiger partial charge in [-0.2, -0.15) is 0 Å². The first-order valence-corrected chi connectivity index (χ1v) is 10.5. The van der Waals surface area contributed by atoms with Gasteiger partial charge in [0.25, 0.3) is 5.79 Å². The minimum Gasteiger partial charge on any atom is -0.419 e. The predicted octanol–water partition coefficient (Wildman–Crippen LogP) is 4.04. The highest BCUT2D eigenvalue weighted by atomic mass is 16.7. The SMILES string of the molecule is CC1(C)OC(=O)C(=C2C=CN(CC(=O)c3ccccc3)c3c2ccc2cccnc32)C(=O)O1. The van der Waals surface area contributed by atoms with Crippen LogP contribution in [0.3, 0.4) is 0 Å². The highest BCUT2D eigenvalue weighted by Crippen LogP contribution is 2.41. The number of rotatable bonds is 3. The molecule has 0 spiro atoms. The Kier molecular flexibility index (Phi) is 4.82. The number of pyridine rings is 1. The molecule has 164 valence electrons. The molecule has 3 heterocycles. The van der Waals surface area contributed by atoms with Gasteiger partial charge in [-0.15, -0.1) is 0 Å². The second-order valence-electron chi connectivity index (χ2n) is 8.24. The van der Waals surface area contributed by atoms with E-state index in [1.165, 1.54) is 13.8 Å². The predicted molar refractivity (Wildman–Crippen MR) is 122 cm³/mol. The van der Waals surface area contributed by atoms with Crippen molar-refractivity contribution in [2.45, 2.75) is 19.6 Å². The number of fused-ring (bicyclic) bond motifs is 3. The van der Waals surface area contributed by atoms with Crippen molar-refractivity contribution in [2.24, 2.45) is 0 Å². The van der Waals surface area contributed by atoms with Crippen molar-refractivity contribution >= 4 is 39.9 Å². The summed E-state index contributed by atoms with van der Waals surface area (Å²) in [4.78, 5) is 44.7. The fourth-order valence-corrected chi connectivity index (χ4v) is 4.06. The Labute approximate surface area is 189 Å². The lowest BCUT2D eigenvalue weighted by Crippen LogP contribution is -2.42. The van der Waals surface area contributed by atoms with Crippen molar-refractivity contribution in [3.05, 3.63) is 89.8 Å². The normalized spacial score (nSPS) is 17.0. The third kappa shape index (κ3) is 3.67. The van der Waals surface area contributed by atoms with E-state index in [4.69, 9.17) is 9.47 Å². The van der Waals surface area contributed by atoms with Gasteiger partial charge in [0, 0.05) is 48.3 Å². The zero-order valence-electron chi connectivity index (χ0n) is 18.1. The molecule has 0 amide bonds. The fourth-order valence-electron chi connectivity index (χ4n) is 4.06. The zero-order valence-corrected chi connectivity index (χ0v) is 18.1. The van der Waals surface area contributed by atoms with Gasteiger partial charge in [0.1, 0.15) is 0 Å². The Morgan fingerprint density at radius 3 is 2.42 bits per heavy atom. The molecule has 1 aromatic heterocycles. The largest absolute Gasteiger partial charge is 0.419 e. The van der Waals surface area contributed by atoms with E-state index in [0.717, 1.165) is 5.39 Å². The lowest BCUT2D eigenvalue weighted by molar-refractivity contribution is -0.222. The maximum Gasteiger partial charge on any atom is 0.349 e. The minimum absolute atomic E-state index is 0.0632. The van der Waals surface area contributed by atoms with Crippen LogP contribution >= 0.6 is 0 Å². The molecule has 0 aliphatic carbocycles. The van der Waals surface area contributed by atoms with Gasteiger partial charge in [-0.1, -0.05) is 48.5 Å². The maximum atomic E-state index is 13.0. The van der Waals surface area contributed by atoms with Crippen LogP contribution in [-0.4, -0.2) is 35.0 Å². The van der Waals surface area contributed by atoms with E-state index in [1.54, 1.807) is 35.5 Å². The molecule has 0 bridgehead atoms. The van der Waals surface area contributed by atoms with E-state index in [9.17, 15) is 14.4 Å². The summed E-state index contributed by atoms with van der Waals surface area (Å²) in [6.45, 7) is 3.07. The third-order valence-corrected chi connectivity index (χ3v) is 5.51. The van der Waals surface area contributed by atoms with Crippen LogP contribution < -0.4 is 4.90 Å². The summed E-state index contributed by atoms with van der Waals surface area (Å²) in [6.07, 6.45) is 4.97. The summed E-state index contributed by atoms with van der Waals surface area (Å²) in [5.74, 6) is -2.92. The highest BCUT2D eigenvalue weighted by molar-refractivity contribution is 6.23. The standard InChI is InChI=1S/C26H20N2O5/c1-26(2)32-24(30)21(25(31)33-26)18-12-14-28(15-20(29)16-7-4-3-5-8-16)23-19(18)11-10-17-9-6-13-27-22(17)23/h3-14H,15H2,1-2H3. The molecule has 0 radical (unpaired) electrons. The quantitative estimate of drug-likeness (QED) is 0.263. The topological polar surface area (TPSA) is 85.8 Å². The van der Waals surface area contributed by atoms with Crippen molar-refractivity contribution in [1.29, 1.82) is 0 Å². The zero-order chi connectivity index (χ0) is 23.2. The number of hydrogen-bond donors (Lipinski definition) is 0. The number of allylic oxidation sites excluding steroid dienone is 2. The average molecular weight is 440 g/mol. The Bertz CT molecular complexity index is 1350. The molecule has 2 aliphatic rings. The molecule has 0 N–H and O–H groups in total. The molecule has 5 rings (SSSR count). The van der Waals surface area contributed by atoms with Gasteiger partial charge < -0.3 is 14.4 Å². The molecule has 0 unspecified atom stereocenters. The summed E-state index contributed by atoms with van der Waals surface area (Å²) in [5.41, 5.74) is 2.64. The number of aromatic nitrogens is 1. The van der Waals surface area contributed by atoms with Crippen LogP contribution in [0.1, 0.15) is 29.8 Å². The average Bonchev–Trinajstić information content (AvgIpc) is 2.79. The molecule has 1 saturated heterocycles. The number of esters is 2.